The summed E-state index contributed by atoms with van der Waals surface area (Å²) in [5.41, 5.74) is 3.06. The Bertz CT molecular complexity index is 945. The van der Waals surface area contributed by atoms with E-state index < -0.39 is 0 Å². The van der Waals surface area contributed by atoms with Crippen molar-refractivity contribution in [3.8, 4) is 0 Å². The molecule has 0 spiro atoms. The van der Waals surface area contributed by atoms with Crippen LogP contribution in [0.15, 0.2) is 47.4 Å². The minimum atomic E-state index is 0. The maximum absolute atomic E-state index is 13.2. The van der Waals surface area contributed by atoms with Crippen LogP contribution in [0.4, 0.5) is 11.4 Å². The van der Waals surface area contributed by atoms with Gasteiger partial charge in [0.15, 0.2) is 0 Å². The Balaban J connectivity index is 0.00000256. The summed E-state index contributed by atoms with van der Waals surface area (Å²) < 4.78 is 0. The van der Waals surface area contributed by atoms with Crippen molar-refractivity contribution in [2.24, 2.45) is 0 Å². The van der Waals surface area contributed by atoms with Crippen LogP contribution in [0.25, 0.3) is 6.08 Å². The fourth-order valence-corrected chi connectivity index (χ4v) is 4.86. The van der Waals surface area contributed by atoms with Crippen molar-refractivity contribution < 1.29 is 4.79 Å². The first-order chi connectivity index (χ1) is 14.0. The first-order valence-electron chi connectivity index (χ1n) is 9.67. The fraction of sp³-hybridized carbons (Fsp3) is 0.318. The van der Waals surface area contributed by atoms with Gasteiger partial charge in [-0.1, -0.05) is 41.4 Å². The Kier molecular flexibility index (Phi) is 7.99. The number of benzene rings is 2. The maximum Gasteiger partial charge on any atom is 0.264 e. The van der Waals surface area contributed by atoms with Gasteiger partial charge in [-0.2, -0.15) is 0 Å². The number of rotatable bonds is 3. The van der Waals surface area contributed by atoms with E-state index in [9.17, 15) is 4.79 Å². The molecule has 0 N–H and O–H groups in total. The quantitative estimate of drug-likeness (QED) is 0.553. The molecule has 0 atom stereocenters. The van der Waals surface area contributed by atoms with Gasteiger partial charge >= 0.3 is 0 Å². The van der Waals surface area contributed by atoms with Gasteiger partial charge in [-0.25, -0.2) is 0 Å². The molecular formula is C22H24Cl3N3OS. The molecule has 4 nitrogen and oxygen atoms in total. The molecule has 1 amide bonds. The van der Waals surface area contributed by atoms with E-state index in [1.807, 2.05) is 18.2 Å². The zero-order chi connectivity index (χ0) is 20.4. The zero-order valence-electron chi connectivity index (χ0n) is 16.7. The van der Waals surface area contributed by atoms with E-state index in [1.54, 1.807) is 28.8 Å². The highest BCUT2D eigenvalue weighted by Crippen LogP contribution is 2.34. The van der Waals surface area contributed by atoms with E-state index in [-0.39, 0.29) is 18.3 Å². The third kappa shape index (κ3) is 5.09. The summed E-state index contributed by atoms with van der Waals surface area (Å²) in [4.78, 5) is 20.5. The highest BCUT2D eigenvalue weighted by molar-refractivity contribution is 8.04. The predicted molar refractivity (Wildman–Crippen MR) is 133 cm³/mol. The van der Waals surface area contributed by atoms with Crippen molar-refractivity contribution in [2.45, 2.75) is 0 Å². The maximum atomic E-state index is 13.2. The second kappa shape index (κ2) is 10.3. The molecule has 2 aromatic rings. The van der Waals surface area contributed by atoms with Gasteiger partial charge < -0.3 is 14.7 Å². The molecule has 8 heteroatoms. The van der Waals surface area contributed by atoms with E-state index >= 15 is 0 Å². The number of amides is 1. The molecule has 160 valence electrons. The number of anilines is 2. The number of likely N-dealkylation sites (N-methyl/N-ethyl adjacent to an activating group) is 1. The van der Waals surface area contributed by atoms with E-state index in [1.165, 1.54) is 5.69 Å². The minimum absolute atomic E-state index is 0. The van der Waals surface area contributed by atoms with E-state index in [0.717, 1.165) is 48.1 Å². The molecule has 2 aliphatic heterocycles. The number of nitrogens with zero attached hydrogens (tertiary/aromatic N) is 3. The third-order valence-corrected chi connectivity index (χ3v) is 7.04. The number of hydrogen-bond donors (Lipinski definition) is 0. The second-order valence-electron chi connectivity index (χ2n) is 7.26. The summed E-state index contributed by atoms with van der Waals surface area (Å²) in [6, 6.07) is 13.7. The van der Waals surface area contributed by atoms with Gasteiger partial charge in [-0.3, -0.25) is 4.79 Å². The van der Waals surface area contributed by atoms with Gasteiger partial charge in [0.25, 0.3) is 5.91 Å². The van der Waals surface area contributed by atoms with Gasteiger partial charge in [0, 0.05) is 49.9 Å². The third-order valence-electron chi connectivity index (χ3n) is 5.31. The van der Waals surface area contributed by atoms with Gasteiger partial charge in [0.2, 0.25) is 0 Å². The van der Waals surface area contributed by atoms with E-state index in [4.69, 9.17) is 23.2 Å². The Morgan fingerprint density at radius 3 is 2.43 bits per heavy atom. The Hall–Kier alpha value is -1.37. The standard InChI is InChI=1S/C22H23Cl2N3OS.ClH/c1-25-8-10-26(11-9-25)20-5-3-2-4-16(20)14-21-22(28)27(12-13-29-21)17-6-7-18(23)19(24)15-17;/h2-7,14-15H,8-13H2,1H3;1H/b21-14-;. The van der Waals surface area contributed by atoms with Gasteiger partial charge in [0.1, 0.15) is 0 Å². The summed E-state index contributed by atoms with van der Waals surface area (Å²) in [6.45, 7) is 4.73. The van der Waals surface area contributed by atoms with Crippen molar-refractivity contribution in [1.82, 2.24) is 4.90 Å². The van der Waals surface area contributed by atoms with Crippen molar-refractivity contribution in [3.05, 3.63) is 63.0 Å². The lowest BCUT2D eigenvalue weighted by Crippen LogP contribution is -2.44. The number of halogens is 3. The molecule has 0 saturated carbocycles. The first kappa shape index (κ1) is 23.3. The number of para-hydroxylation sites is 1. The van der Waals surface area contributed by atoms with E-state index in [0.29, 0.717) is 16.6 Å². The van der Waals surface area contributed by atoms with Gasteiger partial charge in [0.05, 0.1) is 15.0 Å². The van der Waals surface area contributed by atoms with Crippen LogP contribution in [0.2, 0.25) is 10.0 Å². The summed E-state index contributed by atoms with van der Waals surface area (Å²) in [6.07, 6.45) is 2.03. The molecule has 2 fully saturated rings. The molecule has 2 heterocycles. The van der Waals surface area contributed by atoms with Crippen LogP contribution < -0.4 is 9.80 Å². The van der Waals surface area contributed by atoms with Gasteiger partial charge in [-0.15, -0.1) is 24.2 Å². The summed E-state index contributed by atoms with van der Waals surface area (Å²) in [5.74, 6) is 0.849. The normalized spacial score (nSPS) is 19.2. The molecular weight excluding hydrogens is 461 g/mol. The van der Waals surface area contributed by atoms with Crippen LogP contribution in [0.3, 0.4) is 0 Å². The summed E-state index contributed by atoms with van der Waals surface area (Å²) in [5, 5.41) is 0.951. The first-order valence-corrected chi connectivity index (χ1v) is 11.4. The molecule has 4 rings (SSSR count). The fourth-order valence-electron chi connectivity index (χ4n) is 3.63. The Morgan fingerprint density at radius 2 is 1.70 bits per heavy atom. The summed E-state index contributed by atoms with van der Waals surface area (Å²) in [7, 11) is 2.15. The number of thioether (sulfide) groups is 1. The number of carbonyl (C=O) groups excluding carboxylic acids is 1. The number of carbonyl (C=O) groups is 1. The van der Waals surface area contributed by atoms with Crippen molar-refractivity contribution in [3.63, 3.8) is 0 Å². The number of piperazine rings is 1. The second-order valence-corrected chi connectivity index (χ2v) is 9.21. The van der Waals surface area contributed by atoms with Crippen LogP contribution in [0.1, 0.15) is 5.56 Å². The SMILES string of the molecule is CN1CCN(c2ccccc2/C=C2\SCCN(c3ccc(Cl)c(Cl)c3)C2=O)CC1.Cl. The van der Waals surface area contributed by atoms with Crippen molar-refractivity contribution in [1.29, 1.82) is 0 Å². The molecule has 0 aliphatic carbocycles. The molecule has 2 aliphatic rings. The molecule has 0 radical (unpaired) electrons. The van der Waals surface area contributed by atoms with Crippen LogP contribution in [0, 0.1) is 0 Å². The van der Waals surface area contributed by atoms with Crippen molar-refractivity contribution >= 4 is 70.7 Å². The lowest BCUT2D eigenvalue weighted by molar-refractivity contribution is -0.114. The number of hydrogen-bond acceptors (Lipinski definition) is 4. The Labute approximate surface area is 198 Å². The highest BCUT2D eigenvalue weighted by atomic mass is 35.5. The highest BCUT2D eigenvalue weighted by Gasteiger charge is 2.26. The van der Waals surface area contributed by atoms with Crippen LogP contribution in [0.5, 0.6) is 0 Å². The smallest absolute Gasteiger partial charge is 0.264 e. The lowest BCUT2D eigenvalue weighted by atomic mass is 10.1. The molecule has 0 unspecified atom stereocenters. The van der Waals surface area contributed by atoms with Crippen molar-refractivity contribution in [2.75, 3.05) is 55.3 Å². The lowest BCUT2D eigenvalue weighted by Gasteiger charge is -2.35. The molecule has 2 saturated heterocycles. The minimum Gasteiger partial charge on any atom is -0.368 e. The zero-order valence-corrected chi connectivity index (χ0v) is 19.8. The van der Waals surface area contributed by atoms with Crippen LogP contribution in [-0.4, -0.2) is 56.3 Å². The van der Waals surface area contributed by atoms with Gasteiger partial charge in [-0.05, 0) is 43.0 Å². The molecule has 30 heavy (non-hydrogen) atoms. The summed E-state index contributed by atoms with van der Waals surface area (Å²) >= 11 is 13.8. The predicted octanol–water partition coefficient (Wildman–Crippen LogP) is 5.29. The average molecular weight is 485 g/mol. The molecule has 0 bridgehead atoms. The topological polar surface area (TPSA) is 26.8 Å². The van der Waals surface area contributed by atoms with E-state index in [2.05, 4.69) is 35.0 Å². The monoisotopic (exact) mass is 483 g/mol. The molecule has 0 aromatic heterocycles. The van der Waals surface area contributed by atoms with Crippen LogP contribution >= 0.6 is 47.4 Å². The largest absolute Gasteiger partial charge is 0.368 e. The Morgan fingerprint density at radius 1 is 0.967 bits per heavy atom. The average Bonchev–Trinajstić information content (AvgIpc) is 2.73. The molecule has 2 aromatic carbocycles. The van der Waals surface area contributed by atoms with Crippen LogP contribution in [-0.2, 0) is 4.79 Å².